The Morgan fingerprint density at radius 2 is 2.32 bits per heavy atom. The number of esters is 1. The van der Waals surface area contributed by atoms with E-state index < -0.39 is 5.97 Å². The smallest absolute Gasteiger partial charge is 0.384 e. The van der Waals surface area contributed by atoms with Crippen LogP contribution in [0.15, 0.2) is 17.6 Å². The summed E-state index contributed by atoms with van der Waals surface area (Å²) >= 11 is 1.48. The standard InChI is InChI=1S/C18H17N3O3S/c1-24-17(22)5-2-10-9-25-16-8-19-15(7-12(10)16)18(23)21-14-6-11-3-4-13(14)20-11/h7-9,11,13-14,20H,3-4,6H2,1H3,(H,21,23)/t11-,13+,14-/m1/s1. The molecule has 4 heterocycles. The molecule has 4 rings (SSSR count). The average Bonchev–Trinajstić information content (AvgIpc) is 3.34. The minimum Gasteiger partial charge on any atom is -0.459 e. The van der Waals surface area contributed by atoms with Crippen LogP contribution < -0.4 is 10.6 Å². The molecule has 2 fully saturated rings. The van der Waals surface area contributed by atoms with Gasteiger partial charge in [-0.05, 0) is 25.3 Å². The molecule has 2 bridgehead atoms. The number of ether oxygens (including phenoxy) is 1. The second-order valence-electron chi connectivity index (χ2n) is 6.32. The van der Waals surface area contributed by atoms with E-state index in [0.29, 0.717) is 23.3 Å². The van der Waals surface area contributed by atoms with Crippen molar-refractivity contribution in [3.05, 3.63) is 28.9 Å². The van der Waals surface area contributed by atoms with E-state index >= 15 is 0 Å². The van der Waals surface area contributed by atoms with Crippen molar-refractivity contribution in [2.24, 2.45) is 0 Å². The van der Waals surface area contributed by atoms with E-state index in [0.717, 1.165) is 22.9 Å². The van der Waals surface area contributed by atoms with E-state index in [1.54, 1.807) is 12.3 Å². The zero-order valence-electron chi connectivity index (χ0n) is 13.7. The molecule has 2 saturated heterocycles. The average molecular weight is 355 g/mol. The number of amides is 1. The maximum Gasteiger partial charge on any atom is 0.384 e. The number of thiophene rings is 1. The second-order valence-corrected chi connectivity index (χ2v) is 7.23. The molecule has 2 N–H and O–H groups in total. The topological polar surface area (TPSA) is 80.3 Å². The highest BCUT2D eigenvalue weighted by atomic mass is 32.1. The third-order valence-electron chi connectivity index (χ3n) is 4.80. The van der Waals surface area contributed by atoms with Gasteiger partial charge in [0.25, 0.3) is 5.91 Å². The number of methoxy groups -OCH3 is 1. The molecule has 1 amide bonds. The van der Waals surface area contributed by atoms with Crippen molar-refractivity contribution in [1.82, 2.24) is 15.6 Å². The molecule has 2 aromatic rings. The Morgan fingerprint density at radius 1 is 1.44 bits per heavy atom. The van der Waals surface area contributed by atoms with Crippen molar-refractivity contribution in [3.8, 4) is 11.8 Å². The second kappa shape index (κ2) is 6.47. The summed E-state index contributed by atoms with van der Waals surface area (Å²) in [5.41, 5.74) is 1.07. The largest absolute Gasteiger partial charge is 0.459 e. The van der Waals surface area contributed by atoms with Crippen LogP contribution in [0.5, 0.6) is 0 Å². The molecule has 0 aromatic carbocycles. The summed E-state index contributed by atoms with van der Waals surface area (Å²) < 4.78 is 5.45. The first-order chi connectivity index (χ1) is 12.1. The van der Waals surface area contributed by atoms with Crippen LogP contribution in [-0.4, -0.2) is 42.1 Å². The summed E-state index contributed by atoms with van der Waals surface area (Å²) in [6.07, 6.45) is 4.96. The molecular weight excluding hydrogens is 338 g/mol. The first-order valence-electron chi connectivity index (χ1n) is 8.18. The summed E-state index contributed by atoms with van der Waals surface area (Å²) in [6, 6.07) is 2.82. The van der Waals surface area contributed by atoms with Crippen LogP contribution in [0, 0.1) is 11.8 Å². The van der Waals surface area contributed by atoms with Crippen molar-refractivity contribution in [1.29, 1.82) is 0 Å². The minimum absolute atomic E-state index is 0.167. The van der Waals surface area contributed by atoms with Crippen LogP contribution in [0.3, 0.4) is 0 Å². The van der Waals surface area contributed by atoms with Gasteiger partial charge in [0, 0.05) is 46.6 Å². The van der Waals surface area contributed by atoms with Gasteiger partial charge in [-0.15, -0.1) is 11.3 Å². The number of fused-ring (bicyclic) bond motifs is 3. The number of hydrogen-bond donors (Lipinski definition) is 2. The summed E-state index contributed by atoms with van der Waals surface area (Å²) in [5.74, 6) is 4.46. The van der Waals surface area contributed by atoms with E-state index in [2.05, 4.69) is 32.2 Å². The number of aromatic nitrogens is 1. The molecule has 0 aliphatic carbocycles. The van der Waals surface area contributed by atoms with E-state index in [9.17, 15) is 9.59 Å². The molecular formula is C18H17N3O3S. The minimum atomic E-state index is -0.588. The van der Waals surface area contributed by atoms with Crippen LogP contribution in [-0.2, 0) is 9.53 Å². The summed E-state index contributed by atoms with van der Waals surface area (Å²) in [6.45, 7) is 0. The lowest BCUT2D eigenvalue weighted by molar-refractivity contribution is -0.133. The number of hydrogen-bond acceptors (Lipinski definition) is 6. The highest BCUT2D eigenvalue weighted by Gasteiger charge is 2.39. The van der Waals surface area contributed by atoms with Crippen molar-refractivity contribution < 1.29 is 14.3 Å². The summed E-state index contributed by atoms with van der Waals surface area (Å²) in [5, 5.41) is 9.28. The first-order valence-corrected chi connectivity index (χ1v) is 9.06. The van der Waals surface area contributed by atoms with Crippen LogP contribution in [0.1, 0.15) is 35.3 Å². The van der Waals surface area contributed by atoms with Gasteiger partial charge in [-0.1, -0.05) is 5.92 Å². The van der Waals surface area contributed by atoms with Crippen LogP contribution in [0.4, 0.5) is 0 Å². The van der Waals surface area contributed by atoms with Gasteiger partial charge >= 0.3 is 5.97 Å². The molecule has 0 saturated carbocycles. The number of rotatable bonds is 2. The fourth-order valence-corrected chi connectivity index (χ4v) is 4.39. The van der Waals surface area contributed by atoms with Crippen LogP contribution >= 0.6 is 11.3 Å². The predicted octanol–water partition coefficient (Wildman–Crippen LogP) is 1.44. The highest BCUT2D eigenvalue weighted by Crippen LogP contribution is 2.29. The number of nitrogens with one attached hydrogen (secondary N) is 2. The molecule has 25 heavy (non-hydrogen) atoms. The van der Waals surface area contributed by atoms with Crippen molar-refractivity contribution in [2.75, 3.05) is 7.11 Å². The van der Waals surface area contributed by atoms with Gasteiger partial charge in [0.1, 0.15) is 5.69 Å². The zero-order chi connectivity index (χ0) is 17.4. The molecule has 6 nitrogen and oxygen atoms in total. The quantitative estimate of drug-likeness (QED) is 0.629. The van der Waals surface area contributed by atoms with Gasteiger partial charge in [-0.3, -0.25) is 4.79 Å². The highest BCUT2D eigenvalue weighted by molar-refractivity contribution is 7.17. The van der Waals surface area contributed by atoms with Crippen molar-refractivity contribution >= 4 is 33.3 Å². The molecule has 128 valence electrons. The third-order valence-corrected chi connectivity index (χ3v) is 5.73. The molecule has 0 unspecified atom stereocenters. The Hall–Kier alpha value is -2.43. The van der Waals surface area contributed by atoms with Crippen molar-refractivity contribution in [3.63, 3.8) is 0 Å². The Balaban J connectivity index is 1.56. The first kappa shape index (κ1) is 16.1. The fraction of sp³-hybridized carbons (Fsp3) is 0.389. The predicted molar refractivity (Wildman–Crippen MR) is 94.3 cm³/mol. The summed E-state index contributed by atoms with van der Waals surface area (Å²) in [4.78, 5) is 28.0. The van der Waals surface area contributed by atoms with Gasteiger partial charge in [0.15, 0.2) is 0 Å². The summed E-state index contributed by atoms with van der Waals surface area (Å²) in [7, 11) is 1.29. The monoisotopic (exact) mass is 355 g/mol. The number of carbonyl (C=O) groups excluding carboxylic acids is 2. The Labute approximate surface area is 149 Å². The Bertz CT molecular complexity index is 911. The number of carbonyl (C=O) groups is 2. The molecule has 2 aromatic heterocycles. The van der Waals surface area contributed by atoms with Gasteiger partial charge in [0.2, 0.25) is 0 Å². The maximum absolute atomic E-state index is 12.6. The fourth-order valence-electron chi connectivity index (χ4n) is 3.55. The third kappa shape index (κ3) is 3.11. The zero-order valence-corrected chi connectivity index (χ0v) is 14.5. The van der Waals surface area contributed by atoms with E-state index in [1.807, 2.05) is 5.38 Å². The lowest BCUT2D eigenvalue weighted by Crippen LogP contribution is -2.43. The van der Waals surface area contributed by atoms with E-state index in [-0.39, 0.29) is 11.9 Å². The molecule has 2 aliphatic heterocycles. The molecule has 3 atom stereocenters. The molecule has 7 heteroatoms. The van der Waals surface area contributed by atoms with Gasteiger partial charge < -0.3 is 15.4 Å². The maximum atomic E-state index is 12.6. The number of nitrogens with zero attached hydrogens (tertiary/aromatic N) is 1. The molecule has 2 aliphatic rings. The van der Waals surface area contributed by atoms with Crippen molar-refractivity contribution in [2.45, 2.75) is 37.4 Å². The van der Waals surface area contributed by atoms with E-state index in [1.165, 1.54) is 24.9 Å². The van der Waals surface area contributed by atoms with Gasteiger partial charge in [-0.2, -0.15) is 0 Å². The Morgan fingerprint density at radius 3 is 3.04 bits per heavy atom. The van der Waals surface area contributed by atoms with E-state index in [4.69, 9.17) is 0 Å². The normalized spacial score (nSPS) is 24.0. The SMILES string of the molecule is COC(=O)C#Cc1csc2cnc(C(=O)N[C@@H]3C[C@H]4CC[C@@H]3N4)cc12. The Kier molecular flexibility index (Phi) is 4.15. The van der Waals surface area contributed by atoms with Crippen LogP contribution in [0.2, 0.25) is 0 Å². The molecule has 0 radical (unpaired) electrons. The molecule has 0 spiro atoms. The van der Waals surface area contributed by atoms with Gasteiger partial charge in [0.05, 0.1) is 11.8 Å². The lowest BCUT2D eigenvalue weighted by Gasteiger charge is -2.21. The van der Waals surface area contributed by atoms with Crippen LogP contribution in [0.25, 0.3) is 10.1 Å². The lowest BCUT2D eigenvalue weighted by atomic mass is 9.95. The van der Waals surface area contributed by atoms with Gasteiger partial charge in [-0.25, -0.2) is 9.78 Å². The number of pyridine rings is 1.